The van der Waals surface area contributed by atoms with Gasteiger partial charge in [-0.05, 0) is 13.0 Å². The fourth-order valence-electron chi connectivity index (χ4n) is 2.57. The van der Waals surface area contributed by atoms with Crippen molar-refractivity contribution >= 4 is 29.2 Å². The molecular weight excluding hydrogens is 368 g/mol. The Balaban J connectivity index is 1.82. The zero-order valence-electron chi connectivity index (χ0n) is 15.4. The molecule has 0 fully saturated rings. The van der Waals surface area contributed by atoms with Crippen molar-refractivity contribution in [3.05, 3.63) is 41.7 Å². The van der Waals surface area contributed by atoms with Gasteiger partial charge in [-0.2, -0.15) is 15.3 Å². The van der Waals surface area contributed by atoms with Gasteiger partial charge in [0, 0.05) is 20.3 Å². The van der Waals surface area contributed by atoms with Crippen molar-refractivity contribution in [1.82, 2.24) is 29.3 Å². The highest BCUT2D eigenvalue weighted by Crippen LogP contribution is 2.19. The van der Waals surface area contributed by atoms with Crippen LogP contribution in [0.3, 0.4) is 0 Å². The number of carbonyl (C=O) groups is 3. The van der Waals surface area contributed by atoms with Gasteiger partial charge < -0.3 is 15.7 Å². The summed E-state index contributed by atoms with van der Waals surface area (Å²) in [5.41, 5.74) is 1.64. The molecule has 0 atom stereocenters. The molecule has 3 heterocycles. The lowest BCUT2D eigenvalue weighted by Crippen LogP contribution is -2.23. The number of aryl methyl sites for hydroxylation is 2. The standard InChI is InChI=1S/C16H18N8O4/c1-9-10(6-18-22(9)2)20-16(28)14-11(7-19-23(14)3)21-15(27)12-4-5-17-24(12)8-13(25)26/h4-7H,8H2,1-3H3,(H,20,28)(H,21,27)(H,25,26). The number of carbonyl (C=O) groups excluding carboxylic acids is 2. The van der Waals surface area contributed by atoms with E-state index >= 15 is 0 Å². The first kappa shape index (κ1) is 18.8. The number of nitrogens with one attached hydrogen (secondary N) is 2. The molecule has 0 spiro atoms. The summed E-state index contributed by atoms with van der Waals surface area (Å²) in [5, 5.41) is 26.1. The highest BCUT2D eigenvalue weighted by atomic mass is 16.4. The molecule has 0 aromatic carbocycles. The number of aromatic nitrogens is 6. The van der Waals surface area contributed by atoms with E-state index in [2.05, 4.69) is 25.9 Å². The highest BCUT2D eigenvalue weighted by Gasteiger charge is 2.22. The Hall–Kier alpha value is -3.96. The average molecular weight is 386 g/mol. The fraction of sp³-hybridized carbons (Fsp3) is 0.250. The highest BCUT2D eigenvalue weighted by molar-refractivity contribution is 6.11. The van der Waals surface area contributed by atoms with E-state index in [9.17, 15) is 14.4 Å². The van der Waals surface area contributed by atoms with E-state index in [0.29, 0.717) is 5.69 Å². The number of aliphatic carboxylic acids is 1. The van der Waals surface area contributed by atoms with E-state index in [4.69, 9.17) is 5.11 Å². The largest absolute Gasteiger partial charge is 0.480 e. The van der Waals surface area contributed by atoms with Crippen LogP contribution in [0.15, 0.2) is 24.7 Å². The monoisotopic (exact) mass is 386 g/mol. The zero-order valence-corrected chi connectivity index (χ0v) is 15.4. The molecule has 0 aliphatic rings. The van der Waals surface area contributed by atoms with Crippen LogP contribution in [0.2, 0.25) is 0 Å². The van der Waals surface area contributed by atoms with Crippen molar-refractivity contribution in [2.24, 2.45) is 14.1 Å². The predicted octanol–water partition coefficient (Wildman–Crippen LogP) is 0.248. The van der Waals surface area contributed by atoms with Crippen LogP contribution in [0.25, 0.3) is 0 Å². The van der Waals surface area contributed by atoms with E-state index in [-0.39, 0.29) is 17.1 Å². The molecule has 3 N–H and O–H groups in total. The molecule has 0 aliphatic carbocycles. The topological polar surface area (TPSA) is 149 Å². The second-order valence-electron chi connectivity index (χ2n) is 5.97. The summed E-state index contributed by atoms with van der Waals surface area (Å²) in [5.74, 6) is -2.23. The SMILES string of the molecule is Cc1c(NC(=O)c2c(NC(=O)c3ccnn3CC(=O)O)cnn2C)cnn1C. The quantitative estimate of drug-likeness (QED) is 0.549. The first-order valence-corrected chi connectivity index (χ1v) is 8.14. The normalized spacial score (nSPS) is 10.7. The summed E-state index contributed by atoms with van der Waals surface area (Å²) in [7, 11) is 3.32. The van der Waals surface area contributed by atoms with Crippen LogP contribution in [0.1, 0.15) is 26.7 Å². The third kappa shape index (κ3) is 3.60. The summed E-state index contributed by atoms with van der Waals surface area (Å²) >= 11 is 0. The first-order valence-electron chi connectivity index (χ1n) is 8.14. The van der Waals surface area contributed by atoms with Gasteiger partial charge in [0.2, 0.25) is 0 Å². The molecule has 12 heteroatoms. The minimum absolute atomic E-state index is 0.0423. The number of hydrogen-bond acceptors (Lipinski definition) is 6. The molecule has 0 aliphatic heterocycles. The lowest BCUT2D eigenvalue weighted by Gasteiger charge is -2.09. The van der Waals surface area contributed by atoms with E-state index in [1.54, 1.807) is 25.7 Å². The molecule has 3 aromatic heterocycles. The number of anilines is 2. The van der Waals surface area contributed by atoms with Gasteiger partial charge in [0.1, 0.15) is 17.9 Å². The summed E-state index contributed by atoms with van der Waals surface area (Å²) in [6, 6.07) is 1.38. The molecule has 3 rings (SSSR count). The van der Waals surface area contributed by atoms with Crippen LogP contribution in [0.5, 0.6) is 0 Å². The third-order valence-corrected chi connectivity index (χ3v) is 4.12. The summed E-state index contributed by atoms with van der Waals surface area (Å²) < 4.78 is 3.99. The van der Waals surface area contributed by atoms with Gasteiger partial charge in [-0.25, -0.2) is 4.68 Å². The number of nitrogens with zero attached hydrogens (tertiary/aromatic N) is 6. The van der Waals surface area contributed by atoms with Crippen molar-refractivity contribution < 1.29 is 19.5 Å². The predicted molar refractivity (Wildman–Crippen MR) is 96.9 cm³/mol. The summed E-state index contributed by atoms with van der Waals surface area (Å²) in [4.78, 5) is 36.1. The van der Waals surface area contributed by atoms with Gasteiger partial charge in [-0.1, -0.05) is 0 Å². The van der Waals surface area contributed by atoms with Gasteiger partial charge in [-0.15, -0.1) is 0 Å². The molecule has 3 aromatic rings. The van der Waals surface area contributed by atoms with E-state index in [1.165, 1.54) is 29.3 Å². The number of hydrogen-bond donors (Lipinski definition) is 3. The number of carboxylic acid groups (broad SMARTS) is 1. The molecule has 28 heavy (non-hydrogen) atoms. The Morgan fingerprint density at radius 2 is 1.64 bits per heavy atom. The molecule has 2 amide bonds. The number of carboxylic acids is 1. The van der Waals surface area contributed by atoms with Gasteiger partial charge >= 0.3 is 5.97 Å². The van der Waals surface area contributed by atoms with Crippen molar-refractivity contribution in [2.75, 3.05) is 10.6 Å². The Labute approximate surface area is 158 Å². The molecule has 0 bridgehead atoms. The number of rotatable bonds is 6. The lowest BCUT2D eigenvalue weighted by molar-refractivity contribution is -0.137. The van der Waals surface area contributed by atoms with Crippen LogP contribution in [-0.2, 0) is 25.4 Å². The van der Waals surface area contributed by atoms with Gasteiger partial charge in [0.25, 0.3) is 11.8 Å². The van der Waals surface area contributed by atoms with Crippen LogP contribution < -0.4 is 10.6 Å². The van der Waals surface area contributed by atoms with Crippen LogP contribution in [0, 0.1) is 6.92 Å². The maximum Gasteiger partial charge on any atom is 0.325 e. The smallest absolute Gasteiger partial charge is 0.325 e. The summed E-state index contributed by atoms with van der Waals surface area (Å²) in [6.07, 6.45) is 4.17. The van der Waals surface area contributed by atoms with Crippen LogP contribution >= 0.6 is 0 Å². The summed E-state index contributed by atoms with van der Waals surface area (Å²) in [6.45, 7) is 1.34. The molecule has 0 saturated heterocycles. The second-order valence-corrected chi connectivity index (χ2v) is 5.97. The maximum atomic E-state index is 12.7. The number of amides is 2. The van der Waals surface area contributed by atoms with E-state index < -0.39 is 24.3 Å². The van der Waals surface area contributed by atoms with Gasteiger partial charge in [-0.3, -0.25) is 23.7 Å². The fourth-order valence-corrected chi connectivity index (χ4v) is 2.57. The Bertz CT molecular complexity index is 1060. The molecule has 0 unspecified atom stereocenters. The lowest BCUT2D eigenvalue weighted by atomic mass is 10.3. The second kappa shape index (κ2) is 7.34. The van der Waals surface area contributed by atoms with E-state index in [0.717, 1.165) is 10.4 Å². The van der Waals surface area contributed by atoms with Gasteiger partial charge in [0.15, 0.2) is 0 Å². The van der Waals surface area contributed by atoms with Crippen LogP contribution in [-0.4, -0.2) is 52.2 Å². The minimum atomic E-state index is -1.13. The zero-order chi connectivity index (χ0) is 20.4. The van der Waals surface area contributed by atoms with Crippen molar-refractivity contribution in [2.45, 2.75) is 13.5 Å². The van der Waals surface area contributed by atoms with Gasteiger partial charge in [0.05, 0.1) is 29.5 Å². The van der Waals surface area contributed by atoms with E-state index in [1.807, 2.05) is 0 Å². The molecule has 0 saturated carbocycles. The van der Waals surface area contributed by atoms with Crippen molar-refractivity contribution in [3.63, 3.8) is 0 Å². The van der Waals surface area contributed by atoms with Crippen molar-refractivity contribution in [1.29, 1.82) is 0 Å². The maximum absolute atomic E-state index is 12.7. The average Bonchev–Trinajstić information content (AvgIpc) is 3.30. The Morgan fingerprint density at radius 1 is 1.00 bits per heavy atom. The first-order chi connectivity index (χ1) is 13.3. The minimum Gasteiger partial charge on any atom is -0.480 e. The molecule has 146 valence electrons. The molecular formula is C16H18N8O4. The molecule has 12 nitrogen and oxygen atoms in total. The van der Waals surface area contributed by atoms with Crippen LogP contribution in [0.4, 0.5) is 11.4 Å². The third-order valence-electron chi connectivity index (χ3n) is 4.12. The Morgan fingerprint density at radius 3 is 2.29 bits per heavy atom. The van der Waals surface area contributed by atoms with Crippen molar-refractivity contribution in [3.8, 4) is 0 Å². The Kier molecular flexibility index (Phi) is 4.94. The molecule has 0 radical (unpaired) electrons.